The summed E-state index contributed by atoms with van der Waals surface area (Å²) in [7, 11) is 3.77. The van der Waals surface area contributed by atoms with Crippen LogP contribution in [0.1, 0.15) is 32.6 Å². The van der Waals surface area contributed by atoms with Gasteiger partial charge in [0.2, 0.25) is 0 Å². The van der Waals surface area contributed by atoms with Gasteiger partial charge in [-0.25, -0.2) is 9.59 Å². The van der Waals surface area contributed by atoms with Crippen molar-refractivity contribution in [3.8, 4) is 0 Å². The van der Waals surface area contributed by atoms with E-state index in [1.54, 1.807) is 11.9 Å². The molecule has 1 unspecified atom stereocenters. The molecule has 1 saturated heterocycles. The summed E-state index contributed by atoms with van der Waals surface area (Å²) in [5.74, 6) is -0.971. The molecular weight excluding hydrogens is 246 g/mol. The van der Waals surface area contributed by atoms with Gasteiger partial charge >= 0.3 is 12.0 Å². The number of carbonyl (C=O) groups excluding carboxylic acids is 1. The number of hydrogen-bond acceptors (Lipinski definition) is 3. The number of likely N-dealkylation sites (tertiary alicyclic amines) is 1. The lowest BCUT2D eigenvalue weighted by Gasteiger charge is -2.27. The molecule has 6 heteroatoms. The molecule has 6 nitrogen and oxygen atoms in total. The topological polar surface area (TPSA) is 72.9 Å². The highest BCUT2D eigenvalue weighted by atomic mass is 16.4. The Kier molecular flexibility index (Phi) is 6.08. The Morgan fingerprint density at radius 2 is 2.21 bits per heavy atom. The van der Waals surface area contributed by atoms with Crippen molar-refractivity contribution in [2.75, 3.05) is 27.2 Å². The maximum Gasteiger partial charge on any atom is 0.326 e. The Balaban J connectivity index is 2.44. The Hall–Kier alpha value is -1.30. The first-order valence-corrected chi connectivity index (χ1v) is 6.90. The monoisotopic (exact) mass is 271 g/mol. The number of nitrogens with one attached hydrogen (secondary N) is 1. The zero-order valence-electron chi connectivity index (χ0n) is 12.1. The summed E-state index contributed by atoms with van der Waals surface area (Å²) in [4.78, 5) is 26.8. The molecule has 110 valence electrons. The van der Waals surface area contributed by atoms with Crippen molar-refractivity contribution in [2.24, 2.45) is 0 Å². The summed E-state index contributed by atoms with van der Waals surface area (Å²) < 4.78 is 0. The van der Waals surface area contributed by atoms with Gasteiger partial charge in [0.05, 0.1) is 0 Å². The molecule has 2 N–H and O–H groups in total. The third-order valence-corrected chi connectivity index (χ3v) is 3.68. The molecule has 1 rings (SSSR count). The normalized spacial score (nSPS) is 21.1. The van der Waals surface area contributed by atoms with Crippen molar-refractivity contribution >= 4 is 12.0 Å². The highest BCUT2D eigenvalue weighted by Gasteiger charge is 2.26. The Bertz CT molecular complexity index is 322. The van der Waals surface area contributed by atoms with E-state index in [2.05, 4.69) is 17.3 Å². The molecule has 1 fully saturated rings. The number of hydrogen-bond donors (Lipinski definition) is 2. The number of amides is 2. The number of aliphatic carboxylic acids is 1. The maximum absolute atomic E-state index is 12.0. The van der Waals surface area contributed by atoms with Gasteiger partial charge < -0.3 is 20.2 Å². The molecule has 0 spiro atoms. The second-order valence-corrected chi connectivity index (χ2v) is 5.29. The van der Waals surface area contributed by atoms with Crippen LogP contribution in [0.25, 0.3) is 0 Å². The Morgan fingerprint density at radius 1 is 1.53 bits per heavy atom. The maximum atomic E-state index is 12.0. The number of likely N-dealkylation sites (N-methyl/N-ethyl adjacent to an activating group) is 2. The van der Waals surface area contributed by atoms with Crippen LogP contribution in [-0.4, -0.2) is 66.2 Å². The van der Waals surface area contributed by atoms with Gasteiger partial charge in [-0.2, -0.15) is 0 Å². The van der Waals surface area contributed by atoms with Crippen LogP contribution in [0, 0.1) is 0 Å². The predicted octanol–water partition coefficient (Wildman–Crippen LogP) is 0.975. The van der Waals surface area contributed by atoms with Gasteiger partial charge in [-0.3, -0.25) is 0 Å². The standard InChI is InChI=1S/C13H25N3O3/c1-4-6-11(12(17)18)14-13(19)16(3)9-10-7-5-8-15(10)2/h10-11H,4-9H2,1-3H3,(H,14,19)(H,17,18)/t10?,11-/m1/s1. The summed E-state index contributed by atoms with van der Waals surface area (Å²) >= 11 is 0. The van der Waals surface area contributed by atoms with E-state index in [1.165, 1.54) is 0 Å². The van der Waals surface area contributed by atoms with Crippen molar-refractivity contribution in [3.05, 3.63) is 0 Å². The van der Waals surface area contributed by atoms with Crippen LogP contribution in [0.5, 0.6) is 0 Å². The zero-order chi connectivity index (χ0) is 14.4. The minimum Gasteiger partial charge on any atom is -0.480 e. The summed E-state index contributed by atoms with van der Waals surface area (Å²) in [5.41, 5.74) is 0. The molecule has 0 aromatic carbocycles. The van der Waals surface area contributed by atoms with Crippen molar-refractivity contribution in [1.82, 2.24) is 15.1 Å². The highest BCUT2D eigenvalue weighted by molar-refractivity contribution is 5.82. The molecule has 1 heterocycles. The average molecular weight is 271 g/mol. The van der Waals surface area contributed by atoms with Gasteiger partial charge in [-0.15, -0.1) is 0 Å². The lowest BCUT2D eigenvalue weighted by molar-refractivity contribution is -0.139. The van der Waals surface area contributed by atoms with Crippen LogP contribution >= 0.6 is 0 Å². The molecule has 1 aliphatic rings. The van der Waals surface area contributed by atoms with Crippen molar-refractivity contribution in [3.63, 3.8) is 0 Å². The molecule has 0 saturated carbocycles. The van der Waals surface area contributed by atoms with Gasteiger partial charge in [-0.05, 0) is 32.9 Å². The molecule has 0 aromatic heterocycles. The Labute approximate surface area is 114 Å². The van der Waals surface area contributed by atoms with E-state index < -0.39 is 12.0 Å². The lowest BCUT2D eigenvalue weighted by Crippen LogP contribution is -2.49. The Morgan fingerprint density at radius 3 is 2.68 bits per heavy atom. The van der Waals surface area contributed by atoms with Crippen LogP contribution in [-0.2, 0) is 4.79 Å². The number of carboxylic acid groups (broad SMARTS) is 1. The third-order valence-electron chi connectivity index (χ3n) is 3.68. The first-order valence-electron chi connectivity index (χ1n) is 6.90. The summed E-state index contributed by atoms with van der Waals surface area (Å²) in [6.45, 7) is 3.60. The molecule has 0 aliphatic carbocycles. The largest absolute Gasteiger partial charge is 0.480 e. The van der Waals surface area contributed by atoms with Crippen LogP contribution in [0.15, 0.2) is 0 Å². The van der Waals surface area contributed by atoms with E-state index in [4.69, 9.17) is 5.11 Å². The molecule has 0 bridgehead atoms. The van der Waals surface area contributed by atoms with Crippen molar-refractivity contribution in [1.29, 1.82) is 0 Å². The summed E-state index contributed by atoms with van der Waals surface area (Å²) in [6.07, 6.45) is 3.43. The molecule has 0 aromatic rings. The first-order chi connectivity index (χ1) is 8.95. The number of carboxylic acids is 1. The average Bonchev–Trinajstić information content (AvgIpc) is 2.74. The fourth-order valence-corrected chi connectivity index (χ4v) is 2.41. The number of rotatable bonds is 6. The summed E-state index contributed by atoms with van der Waals surface area (Å²) in [5, 5.41) is 11.6. The minimum atomic E-state index is -0.971. The van der Waals surface area contributed by atoms with Crippen LogP contribution in [0.2, 0.25) is 0 Å². The molecular formula is C13H25N3O3. The second-order valence-electron chi connectivity index (χ2n) is 5.29. The van der Waals surface area contributed by atoms with Gasteiger partial charge in [0.1, 0.15) is 6.04 Å². The zero-order valence-corrected chi connectivity index (χ0v) is 12.1. The molecule has 0 radical (unpaired) electrons. The van der Waals surface area contributed by atoms with E-state index in [1.807, 2.05) is 6.92 Å². The van der Waals surface area contributed by atoms with Crippen LogP contribution < -0.4 is 5.32 Å². The van der Waals surface area contributed by atoms with Gasteiger partial charge in [0.25, 0.3) is 0 Å². The quantitative estimate of drug-likeness (QED) is 0.755. The van der Waals surface area contributed by atoms with E-state index in [9.17, 15) is 9.59 Å². The predicted molar refractivity (Wildman–Crippen MR) is 73.1 cm³/mol. The fraction of sp³-hybridized carbons (Fsp3) is 0.846. The lowest BCUT2D eigenvalue weighted by atomic mass is 10.2. The highest BCUT2D eigenvalue weighted by Crippen LogP contribution is 2.15. The molecule has 2 amide bonds. The van der Waals surface area contributed by atoms with Gasteiger partial charge in [0, 0.05) is 19.6 Å². The number of carbonyl (C=O) groups is 2. The fourth-order valence-electron chi connectivity index (χ4n) is 2.41. The number of urea groups is 1. The van der Waals surface area contributed by atoms with E-state index in [0.717, 1.165) is 25.8 Å². The number of nitrogens with zero attached hydrogens (tertiary/aromatic N) is 2. The van der Waals surface area contributed by atoms with Gasteiger partial charge in [-0.1, -0.05) is 13.3 Å². The second kappa shape index (κ2) is 7.33. The summed E-state index contributed by atoms with van der Waals surface area (Å²) in [6, 6.07) is -0.715. The molecule has 19 heavy (non-hydrogen) atoms. The first kappa shape index (κ1) is 15.8. The van der Waals surface area contributed by atoms with Crippen LogP contribution in [0.4, 0.5) is 4.79 Å². The van der Waals surface area contributed by atoms with E-state index >= 15 is 0 Å². The molecule has 2 atom stereocenters. The molecule has 1 aliphatic heterocycles. The van der Waals surface area contributed by atoms with Crippen LogP contribution in [0.3, 0.4) is 0 Å². The third kappa shape index (κ3) is 4.70. The smallest absolute Gasteiger partial charge is 0.326 e. The SMILES string of the molecule is CCC[C@@H](NC(=O)N(C)CC1CCCN1C)C(=O)O. The van der Waals surface area contributed by atoms with E-state index in [-0.39, 0.29) is 6.03 Å². The van der Waals surface area contributed by atoms with Crippen molar-refractivity contribution < 1.29 is 14.7 Å². The van der Waals surface area contributed by atoms with Crippen molar-refractivity contribution in [2.45, 2.75) is 44.7 Å². The van der Waals surface area contributed by atoms with E-state index in [0.29, 0.717) is 19.0 Å². The van der Waals surface area contributed by atoms with Gasteiger partial charge in [0.15, 0.2) is 0 Å². The minimum absolute atomic E-state index is 0.304.